The summed E-state index contributed by atoms with van der Waals surface area (Å²) >= 11 is 0. The summed E-state index contributed by atoms with van der Waals surface area (Å²) < 4.78 is 7.52. The van der Waals surface area contributed by atoms with Gasteiger partial charge >= 0.3 is 7.12 Å². The lowest BCUT2D eigenvalue weighted by molar-refractivity contribution is 0.293. The van der Waals surface area contributed by atoms with Crippen LogP contribution in [0.2, 0.25) is 0 Å². The van der Waals surface area contributed by atoms with E-state index in [9.17, 15) is 0 Å². The van der Waals surface area contributed by atoms with E-state index in [4.69, 9.17) is 14.8 Å². The molecule has 5 nitrogen and oxygen atoms in total. The van der Waals surface area contributed by atoms with Crippen molar-refractivity contribution in [2.24, 2.45) is 7.05 Å². The third-order valence-corrected chi connectivity index (χ3v) is 2.97. The van der Waals surface area contributed by atoms with Gasteiger partial charge in [0.2, 0.25) is 0 Å². The Bertz CT molecular complexity index is 581. The first kappa shape index (κ1) is 13.6. The summed E-state index contributed by atoms with van der Waals surface area (Å²) in [6.45, 7) is 4.24. The highest BCUT2D eigenvalue weighted by Crippen LogP contribution is 2.17. The van der Waals surface area contributed by atoms with E-state index in [-0.39, 0.29) is 0 Å². The van der Waals surface area contributed by atoms with Crippen molar-refractivity contribution in [1.82, 2.24) is 9.78 Å². The monoisotopic (exact) mass is 260 g/mol. The van der Waals surface area contributed by atoms with Crippen molar-refractivity contribution in [1.29, 1.82) is 0 Å². The van der Waals surface area contributed by atoms with Crippen molar-refractivity contribution in [3.63, 3.8) is 0 Å². The van der Waals surface area contributed by atoms with Crippen LogP contribution >= 0.6 is 0 Å². The van der Waals surface area contributed by atoms with E-state index < -0.39 is 7.12 Å². The van der Waals surface area contributed by atoms with Crippen molar-refractivity contribution in [3.05, 3.63) is 41.2 Å². The largest absolute Gasteiger partial charge is 0.488 e. The van der Waals surface area contributed by atoms with E-state index in [1.54, 1.807) is 22.9 Å². The van der Waals surface area contributed by atoms with Crippen LogP contribution in [0.25, 0.3) is 0 Å². The van der Waals surface area contributed by atoms with Crippen molar-refractivity contribution in [2.45, 2.75) is 20.5 Å². The number of hydrogen-bond acceptors (Lipinski definition) is 4. The number of hydrogen-bond donors (Lipinski definition) is 2. The first-order chi connectivity index (χ1) is 8.97. The van der Waals surface area contributed by atoms with Crippen LogP contribution in [0.1, 0.15) is 17.0 Å². The minimum absolute atomic E-state index is 0.430. The molecule has 1 aromatic heterocycles. The molecule has 0 atom stereocenters. The molecule has 0 spiro atoms. The van der Waals surface area contributed by atoms with Gasteiger partial charge in [-0.3, -0.25) is 4.68 Å². The fourth-order valence-corrected chi connectivity index (χ4v) is 1.95. The predicted molar refractivity (Wildman–Crippen MR) is 73.3 cm³/mol. The average molecular weight is 260 g/mol. The molecule has 0 radical (unpaired) electrons. The van der Waals surface area contributed by atoms with E-state index in [2.05, 4.69) is 5.10 Å². The molecule has 0 aliphatic rings. The molecule has 0 saturated heterocycles. The minimum atomic E-state index is -1.45. The SMILES string of the molecule is Cc1cc(COc2ccc(B(O)O)cc2C)n(C)n1. The number of benzene rings is 1. The molecule has 2 N–H and O–H groups in total. The number of aryl methyl sites for hydroxylation is 3. The molecule has 100 valence electrons. The topological polar surface area (TPSA) is 67.5 Å². The number of rotatable bonds is 4. The van der Waals surface area contributed by atoms with Crippen LogP contribution < -0.4 is 10.2 Å². The zero-order valence-electron chi connectivity index (χ0n) is 11.3. The molecule has 19 heavy (non-hydrogen) atoms. The van der Waals surface area contributed by atoms with Crippen molar-refractivity contribution < 1.29 is 14.8 Å². The molecular formula is C13H17BN2O3. The number of aromatic nitrogens is 2. The van der Waals surface area contributed by atoms with E-state index in [0.717, 1.165) is 22.7 Å². The molecule has 0 saturated carbocycles. The fraction of sp³-hybridized carbons (Fsp3) is 0.308. The third-order valence-electron chi connectivity index (χ3n) is 2.97. The van der Waals surface area contributed by atoms with Gasteiger partial charge < -0.3 is 14.8 Å². The highest BCUT2D eigenvalue weighted by atomic mass is 16.5. The summed E-state index contributed by atoms with van der Waals surface area (Å²) in [6.07, 6.45) is 0. The van der Waals surface area contributed by atoms with E-state index >= 15 is 0 Å². The smallest absolute Gasteiger partial charge is 0.487 e. The molecular weight excluding hydrogens is 243 g/mol. The maximum atomic E-state index is 9.09. The Morgan fingerprint density at radius 3 is 2.53 bits per heavy atom. The quantitative estimate of drug-likeness (QED) is 0.776. The predicted octanol–water partition coefficient (Wildman–Crippen LogP) is 0.296. The second-order valence-corrected chi connectivity index (χ2v) is 4.59. The summed E-state index contributed by atoms with van der Waals surface area (Å²) in [7, 11) is 0.427. The Hall–Kier alpha value is -1.79. The normalized spacial score (nSPS) is 10.6. The van der Waals surface area contributed by atoms with Crippen LogP contribution in [0, 0.1) is 13.8 Å². The van der Waals surface area contributed by atoms with Gasteiger partial charge in [-0.05, 0) is 37.0 Å². The fourth-order valence-electron chi connectivity index (χ4n) is 1.95. The van der Waals surface area contributed by atoms with Crippen molar-refractivity contribution >= 4 is 12.6 Å². The van der Waals surface area contributed by atoms with Gasteiger partial charge in [0.1, 0.15) is 12.4 Å². The maximum Gasteiger partial charge on any atom is 0.488 e. The van der Waals surface area contributed by atoms with Crippen LogP contribution in [0.4, 0.5) is 0 Å². The molecule has 6 heteroatoms. The molecule has 1 heterocycles. The Balaban J connectivity index is 2.10. The highest BCUT2D eigenvalue weighted by Gasteiger charge is 2.12. The van der Waals surface area contributed by atoms with Gasteiger partial charge in [0.25, 0.3) is 0 Å². The first-order valence-electron chi connectivity index (χ1n) is 6.06. The van der Waals surface area contributed by atoms with Gasteiger partial charge in [0.15, 0.2) is 0 Å². The Morgan fingerprint density at radius 2 is 2.00 bits per heavy atom. The highest BCUT2D eigenvalue weighted by molar-refractivity contribution is 6.58. The van der Waals surface area contributed by atoms with Crippen molar-refractivity contribution in [3.8, 4) is 5.75 Å². The van der Waals surface area contributed by atoms with Crippen LogP contribution in [0.3, 0.4) is 0 Å². The molecule has 0 aliphatic carbocycles. The van der Waals surface area contributed by atoms with Crippen LogP contribution in [0.5, 0.6) is 5.75 Å². The molecule has 0 bridgehead atoms. The summed E-state index contributed by atoms with van der Waals surface area (Å²) in [5.74, 6) is 0.725. The summed E-state index contributed by atoms with van der Waals surface area (Å²) in [5, 5.41) is 22.4. The van der Waals surface area contributed by atoms with Gasteiger partial charge in [-0.15, -0.1) is 0 Å². The molecule has 0 unspecified atom stereocenters. The third kappa shape index (κ3) is 3.16. The Kier molecular flexibility index (Phi) is 3.92. The van der Waals surface area contributed by atoms with Crippen LogP contribution in [-0.4, -0.2) is 26.9 Å². The minimum Gasteiger partial charge on any atom is -0.487 e. The van der Waals surface area contributed by atoms with Crippen LogP contribution in [-0.2, 0) is 13.7 Å². The molecule has 0 aliphatic heterocycles. The second-order valence-electron chi connectivity index (χ2n) is 4.59. The molecule has 0 fully saturated rings. The van der Waals surface area contributed by atoms with Gasteiger partial charge in [0, 0.05) is 7.05 Å². The zero-order valence-corrected chi connectivity index (χ0v) is 11.3. The van der Waals surface area contributed by atoms with Gasteiger partial charge in [0.05, 0.1) is 11.4 Å². The summed E-state index contributed by atoms with van der Waals surface area (Å²) in [6, 6.07) is 7.06. The molecule has 1 aromatic carbocycles. The lowest BCUT2D eigenvalue weighted by Crippen LogP contribution is -2.29. The number of nitrogens with zero attached hydrogens (tertiary/aromatic N) is 2. The zero-order chi connectivity index (χ0) is 14.0. The van der Waals surface area contributed by atoms with Gasteiger partial charge in [-0.1, -0.05) is 12.1 Å². The lowest BCUT2D eigenvalue weighted by Gasteiger charge is -2.10. The van der Waals surface area contributed by atoms with E-state index in [0.29, 0.717) is 12.1 Å². The average Bonchev–Trinajstić information content (AvgIpc) is 2.66. The second kappa shape index (κ2) is 5.46. The van der Waals surface area contributed by atoms with Crippen LogP contribution in [0.15, 0.2) is 24.3 Å². The molecule has 2 rings (SSSR count). The molecule has 2 aromatic rings. The summed E-state index contributed by atoms with van der Waals surface area (Å²) in [5.41, 5.74) is 3.27. The Morgan fingerprint density at radius 1 is 1.26 bits per heavy atom. The van der Waals surface area contributed by atoms with E-state index in [1.165, 1.54) is 0 Å². The maximum absolute atomic E-state index is 9.09. The Labute approximate surface area is 112 Å². The lowest BCUT2D eigenvalue weighted by atomic mass is 9.79. The van der Waals surface area contributed by atoms with E-state index in [1.807, 2.05) is 27.0 Å². The molecule has 0 amide bonds. The first-order valence-corrected chi connectivity index (χ1v) is 6.06. The van der Waals surface area contributed by atoms with Crippen molar-refractivity contribution in [2.75, 3.05) is 0 Å². The standard InChI is InChI=1S/C13H17BN2O3/c1-9-6-11(14(17)18)4-5-13(9)19-8-12-7-10(2)15-16(12)3/h4-7,17-18H,8H2,1-3H3. The summed E-state index contributed by atoms with van der Waals surface area (Å²) in [4.78, 5) is 0. The van der Waals surface area contributed by atoms with Gasteiger partial charge in [-0.25, -0.2) is 0 Å². The number of ether oxygens (including phenoxy) is 1. The van der Waals surface area contributed by atoms with Gasteiger partial charge in [-0.2, -0.15) is 5.10 Å².